The molecule has 1 heterocycles. The van der Waals surface area contributed by atoms with Crippen LogP contribution >= 0.6 is 43.2 Å². The van der Waals surface area contributed by atoms with Crippen LogP contribution in [0.1, 0.15) is 5.56 Å². The van der Waals surface area contributed by atoms with Gasteiger partial charge in [0, 0.05) is 15.5 Å². The molecule has 7 heteroatoms. The van der Waals surface area contributed by atoms with Crippen molar-refractivity contribution in [2.75, 3.05) is 4.72 Å². The Morgan fingerprint density at radius 1 is 1.17 bits per heavy atom. The molecule has 1 aromatic heterocycles. The van der Waals surface area contributed by atoms with Crippen molar-refractivity contribution in [3.05, 3.63) is 45.7 Å². The Morgan fingerprint density at radius 2 is 1.83 bits per heavy atom. The Balaban J connectivity index is 2.25. The van der Waals surface area contributed by atoms with Gasteiger partial charge in [0.25, 0.3) is 10.0 Å². The largest absolute Gasteiger partial charge is 0.279 e. The van der Waals surface area contributed by atoms with Gasteiger partial charge in [-0.25, -0.2) is 8.42 Å². The van der Waals surface area contributed by atoms with Crippen LogP contribution in [0.3, 0.4) is 0 Å². The minimum atomic E-state index is -3.51. The van der Waals surface area contributed by atoms with E-state index in [0.29, 0.717) is 10.2 Å². The molecule has 96 valence electrons. The lowest BCUT2D eigenvalue weighted by molar-refractivity contribution is 0.603. The van der Waals surface area contributed by atoms with Crippen LogP contribution in [-0.2, 0) is 15.4 Å². The highest BCUT2D eigenvalue weighted by atomic mass is 79.9. The number of rotatable bonds is 4. The second-order valence-electron chi connectivity index (χ2n) is 3.49. The minimum absolute atomic E-state index is 0.284. The summed E-state index contributed by atoms with van der Waals surface area (Å²) in [4.78, 5) is 0. The number of hydrogen-bond acceptors (Lipinski definition) is 3. The number of hydrogen-bond donors (Lipinski definition) is 1. The summed E-state index contributed by atoms with van der Waals surface area (Å²) in [5.74, 6) is 0. The van der Waals surface area contributed by atoms with Crippen LogP contribution in [-0.4, -0.2) is 8.42 Å². The van der Waals surface area contributed by atoms with Crippen molar-refractivity contribution in [3.8, 4) is 0 Å². The summed E-state index contributed by atoms with van der Waals surface area (Å²) in [6, 6.07) is 8.95. The van der Waals surface area contributed by atoms with E-state index >= 15 is 0 Å². The number of nitrogens with one attached hydrogen (secondary N) is 1. The van der Waals surface area contributed by atoms with Gasteiger partial charge in [-0.05, 0) is 45.1 Å². The van der Waals surface area contributed by atoms with Gasteiger partial charge < -0.3 is 0 Å². The molecule has 0 amide bonds. The molecule has 0 aliphatic carbocycles. The first kappa shape index (κ1) is 14.0. The zero-order chi connectivity index (χ0) is 13.2. The molecule has 0 spiro atoms. The van der Waals surface area contributed by atoms with Crippen LogP contribution in [0, 0.1) is 0 Å². The van der Waals surface area contributed by atoms with Crippen molar-refractivity contribution < 1.29 is 8.42 Å². The van der Waals surface area contributed by atoms with E-state index in [4.69, 9.17) is 0 Å². The predicted octanol–water partition coefficient (Wildman–Crippen LogP) is 4.21. The second kappa shape index (κ2) is 5.73. The SMILES string of the molecule is O=S(=O)(Nc1ccc(CBr)cc1)c1sccc1Br. The minimum Gasteiger partial charge on any atom is -0.279 e. The molecule has 1 N–H and O–H groups in total. The zero-order valence-electron chi connectivity index (χ0n) is 9.06. The summed E-state index contributed by atoms with van der Waals surface area (Å²) in [7, 11) is -3.51. The first-order chi connectivity index (χ1) is 8.53. The fourth-order valence-corrected chi connectivity index (χ4v) is 5.11. The lowest BCUT2D eigenvalue weighted by Gasteiger charge is -2.07. The fourth-order valence-electron chi connectivity index (χ4n) is 1.33. The van der Waals surface area contributed by atoms with Crippen molar-refractivity contribution >= 4 is 58.9 Å². The number of anilines is 1. The Bertz CT molecular complexity index is 635. The molecule has 0 saturated heterocycles. The average Bonchev–Trinajstić information content (AvgIpc) is 2.77. The van der Waals surface area contributed by atoms with E-state index in [1.807, 2.05) is 12.1 Å². The fraction of sp³-hybridized carbons (Fsp3) is 0.0909. The van der Waals surface area contributed by atoms with E-state index in [-0.39, 0.29) is 4.21 Å². The summed E-state index contributed by atoms with van der Waals surface area (Å²) >= 11 is 7.74. The molecule has 18 heavy (non-hydrogen) atoms. The molecule has 1 aromatic carbocycles. The molecule has 2 aromatic rings. The van der Waals surface area contributed by atoms with Crippen LogP contribution < -0.4 is 4.72 Å². The molecule has 3 nitrogen and oxygen atoms in total. The van der Waals surface area contributed by atoms with Crippen LogP contribution in [0.25, 0.3) is 0 Å². The number of benzene rings is 1. The smallest absolute Gasteiger partial charge is 0.272 e. The first-order valence-electron chi connectivity index (χ1n) is 4.93. The normalized spacial score (nSPS) is 11.4. The van der Waals surface area contributed by atoms with Gasteiger partial charge in [-0.2, -0.15) is 0 Å². The third-order valence-corrected chi connectivity index (χ3v) is 6.89. The number of halogens is 2. The molecule has 0 saturated carbocycles. The van der Waals surface area contributed by atoms with Crippen molar-refractivity contribution in [1.82, 2.24) is 0 Å². The molecule has 0 aliphatic heterocycles. The molecular formula is C11H9Br2NO2S2. The van der Waals surface area contributed by atoms with Crippen molar-refractivity contribution in [3.63, 3.8) is 0 Å². The standard InChI is InChI=1S/C11H9Br2NO2S2/c12-7-8-1-3-9(4-2-8)14-18(15,16)11-10(13)5-6-17-11/h1-6,14H,7H2. The maximum absolute atomic E-state index is 12.1. The summed E-state index contributed by atoms with van der Waals surface area (Å²) in [5, 5.41) is 2.48. The van der Waals surface area contributed by atoms with Crippen LogP contribution in [0.15, 0.2) is 44.4 Å². The van der Waals surface area contributed by atoms with Gasteiger partial charge >= 0.3 is 0 Å². The molecule has 0 aliphatic rings. The van der Waals surface area contributed by atoms with E-state index in [0.717, 1.165) is 10.9 Å². The van der Waals surface area contributed by atoms with Crippen LogP contribution in [0.2, 0.25) is 0 Å². The van der Waals surface area contributed by atoms with Gasteiger partial charge in [0.2, 0.25) is 0 Å². The molecule has 0 fully saturated rings. The Hall–Kier alpha value is -0.370. The molecule has 0 atom stereocenters. The van der Waals surface area contributed by atoms with Gasteiger partial charge in [0.15, 0.2) is 4.21 Å². The van der Waals surface area contributed by atoms with Gasteiger partial charge in [0.1, 0.15) is 0 Å². The summed E-state index contributed by atoms with van der Waals surface area (Å²) < 4.78 is 27.6. The average molecular weight is 411 g/mol. The molecular weight excluding hydrogens is 402 g/mol. The van der Waals surface area contributed by atoms with Crippen LogP contribution in [0.5, 0.6) is 0 Å². The Kier molecular flexibility index (Phi) is 4.47. The first-order valence-corrected chi connectivity index (χ1v) is 9.21. The van der Waals surface area contributed by atoms with E-state index in [1.54, 1.807) is 23.6 Å². The second-order valence-corrected chi connectivity index (χ2v) is 7.70. The highest BCUT2D eigenvalue weighted by molar-refractivity contribution is 9.10. The van der Waals surface area contributed by atoms with Crippen molar-refractivity contribution in [2.45, 2.75) is 9.54 Å². The summed E-state index contributed by atoms with van der Waals surface area (Å²) in [6.45, 7) is 0. The van der Waals surface area contributed by atoms with Gasteiger partial charge in [0.05, 0.1) is 0 Å². The van der Waals surface area contributed by atoms with Gasteiger partial charge in [-0.3, -0.25) is 4.72 Å². The molecule has 2 rings (SSSR count). The van der Waals surface area contributed by atoms with Gasteiger partial charge in [-0.15, -0.1) is 11.3 Å². The molecule has 0 radical (unpaired) electrons. The zero-order valence-corrected chi connectivity index (χ0v) is 13.9. The number of sulfonamides is 1. The van der Waals surface area contributed by atoms with Crippen LogP contribution in [0.4, 0.5) is 5.69 Å². The van der Waals surface area contributed by atoms with E-state index in [9.17, 15) is 8.42 Å². The predicted molar refractivity (Wildman–Crippen MR) is 81.9 cm³/mol. The van der Waals surface area contributed by atoms with Crippen molar-refractivity contribution in [1.29, 1.82) is 0 Å². The molecule has 0 bridgehead atoms. The van der Waals surface area contributed by atoms with Crippen molar-refractivity contribution in [2.24, 2.45) is 0 Å². The summed E-state index contributed by atoms with van der Waals surface area (Å²) in [6.07, 6.45) is 0. The van der Waals surface area contributed by atoms with E-state index < -0.39 is 10.0 Å². The Morgan fingerprint density at radius 3 is 2.33 bits per heavy atom. The summed E-state index contributed by atoms with van der Waals surface area (Å²) in [5.41, 5.74) is 1.65. The number of alkyl halides is 1. The quantitative estimate of drug-likeness (QED) is 0.767. The lowest BCUT2D eigenvalue weighted by atomic mass is 10.2. The lowest BCUT2D eigenvalue weighted by Crippen LogP contribution is -2.11. The van der Waals surface area contributed by atoms with E-state index in [2.05, 4.69) is 36.6 Å². The monoisotopic (exact) mass is 409 g/mol. The topological polar surface area (TPSA) is 46.2 Å². The third kappa shape index (κ3) is 3.14. The van der Waals surface area contributed by atoms with Gasteiger partial charge in [-0.1, -0.05) is 28.1 Å². The third-order valence-electron chi connectivity index (χ3n) is 2.19. The van der Waals surface area contributed by atoms with E-state index in [1.165, 1.54) is 11.3 Å². The highest BCUT2D eigenvalue weighted by Gasteiger charge is 2.19. The maximum Gasteiger partial charge on any atom is 0.272 e. The maximum atomic E-state index is 12.1. The highest BCUT2D eigenvalue weighted by Crippen LogP contribution is 2.29. The molecule has 0 unspecified atom stereocenters. The number of thiophene rings is 1. The Labute approximate surface area is 127 Å².